The lowest BCUT2D eigenvalue weighted by Crippen LogP contribution is -2.07. The fourth-order valence-corrected chi connectivity index (χ4v) is 2.23. The molecule has 0 bridgehead atoms. The van der Waals surface area contributed by atoms with E-state index in [0.29, 0.717) is 22.9 Å². The largest absolute Gasteiger partial charge is 0.399 e. The first-order chi connectivity index (χ1) is 9.22. The molecule has 0 aliphatic rings. The zero-order valence-corrected chi connectivity index (χ0v) is 10.5. The molecule has 7 heteroatoms. The Kier molecular flexibility index (Phi) is 2.81. The van der Waals surface area contributed by atoms with Gasteiger partial charge in [0.2, 0.25) is 0 Å². The van der Waals surface area contributed by atoms with Crippen LogP contribution in [0, 0.1) is 0 Å². The Hall–Kier alpha value is -2.54. The van der Waals surface area contributed by atoms with Gasteiger partial charge in [0.25, 0.3) is 5.56 Å². The maximum Gasteiger partial charge on any atom is 0.251 e. The number of nitrogen functional groups attached to an aromatic ring is 1. The number of anilines is 1. The Labute approximate surface area is 112 Å². The molecule has 0 atom stereocenters. The van der Waals surface area contributed by atoms with Gasteiger partial charge in [-0.2, -0.15) is 0 Å². The number of thiazole rings is 1. The van der Waals surface area contributed by atoms with Gasteiger partial charge in [0.1, 0.15) is 16.4 Å². The number of pyridine rings is 1. The molecule has 0 fully saturated rings. The molecule has 0 saturated heterocycles. The molecule has 0 aromatic carbocycles. The van der Waals surface area contributed by atoms with E-state index in [1.807, 2.05) is 5.38 Å². The van der Waals surface area contributed by atoms with E-state index in [2.05, 4.69) is 19.9 Å². The van der Waals surface area contributed by atoms with Gasteiger partial charge in [0.05, 0.1) is 0 Å². The molecule has 0 radical (unpaired) electrons. The summed E-state index contributed by atoms with van der Waals surface area (Å²) in [6, 6.07) is 4.75. The van der Waals surface area contributed by atoms with Crippen molar-refractivity contribution >= 4 is 17.0 Å². The highest BCUT2D eigenvalue weighted by Crippen LogP contribution is 2.24. The third-order valence-electron chi connectivity index (χ3n) is 2.41. The number of aromatic amines is 1. The Morgan fingerprint density at radius 1 is 1.16 bits per heavy atom. The van der Waals surface area contributed by atoms with Crippen LogP contribution in [0.4, 0.5) is 5.69 Å². The number of nitrogens with one attached hydrogen (secondary N) is 1. The van der Waals surface area contributed by atoms with Crippen molar-refractivity contribution in [2.75, 3.05) is 5.73 Å². The summed E-state index contributed by atoms with van der Waals surface area (Å²) >= 11 is 1.47. The number of hydrogen-bond donors (Lipinski definition) is 2. The average Bonchev–Trinajstić information content (AvgIpc) is 2.92. The van der Waals surface area contributed by atoms with Crippen LogP contribution in [0.25, 0.3) is 22.2 Å². The first-order valence-electron chi connectivity index (χ1n) is 5.45. The van der Waals surface area contributed by atoms with Crippen LogP contribution in [0.5, 0.6) is 0 Å². The summed E-state index contributed by atoms with van der Waals surface area (Å²) in [6.07, 6.45) is 3.13. The zero-order chi connectivity index (χ0) is 13.2. The van der Waals surface area contributed by atoms with Crippen molar-refractivity contribution in [3.63, 3.8) is 0 Å². The Morgan fingerprint density at radius 3 is 2.74 bits per heavy atom. The molecule has 3 N–H and O–H groups in total. The van der Waals surface area contributed by atoms with Gasteiger partial charge in [-0.05, 0) is 12.1 Å². The lowest BCUT2D eigenvalue weighted by Gasteiger charge is -2.04. The minimum absolute atomic E-state index is 0.231. The van der Waals surface area contributed by atoms with Crippen molar-refractivity contribution in [2.24, 2.45) is 0 Å². The second-order valence-electron chi connectivity index (χ2n) is 3.79. The SMILES string of the molecule is Nc1cc(-c2nccc(=O)[nH]2)nc(-c2nccs2)c1. The van der Waals surface area contributed by atoms with Gasteiger partial charge in [-0.25, -0.2) is 15.0 Å². The number of H-pyrrole nitrogens is 1. The second-order valence-corrected chi connectivity index (χ2v) is 4.69. The van der Waals surface area contributed by atoms with Crippen LogP contribution in [0.1, 0.15) is 0 Å². The molecular weight excluding hydrogens is 262 g/mol. The molecule has 6 nitrogen and oxygen atoms in total. The van der Waals surface area contributed by atoms with E-state index in [9.17, 15) is 4.79 Å². The molecular formula is C12H9N5OS. The van der Waals surface area contributed by atoms with E-state index < -0.39 is 0 Å². The summed E-state index contributed by atoms with van der Waals surface area (Å²) in [6.45, 7) is 0. The Bertz CT molecular complexity index is 766. The van der Waals surface area contributed by atoms with E-state index in [1.165, 1.54) is 23.6 Å². The number of hydrogen-bond acceptors (Lipinski definition) is 6. The smallest absolute Gasteiger partial charge is 0.251 e. The fourth-order valence-electron chi connectivity index (χ4n) is 1.63. The summed E-state index contributed by atoms with van der Waals surface area (Å²) < 4.78 is 0. The summed E-state index contributed by atoms with van der Waals surface area (Å²) in [5.74, 6) is 0.387. The third-order valence-corrected chi connectivity index (χ3v) is 3.21. The van der Waals surface area contributed by atoms with E-state index in [0.717, 1.165) is 5.01 Å². The number of nitrogens with two attached hydrogens (primary N) is 1. The Morgan fingerprint density at radius 2 is 2.00 bits per heavy atom. The van der Waals surface area contributed by atoms with Crippen molar-refractivity contribution in [2.45, 2.75) is 0 Å². The molecule has 0 saturated carbocycles. The van der Waals surface area contributed by atoms with Crippen LogP contribution in [-0.4, -0.2) is 19.9 Å². The predicted octanol–water partition coefficient (Wildman–Crippen LogP) is 1.54. The van der Waals surface area contributed by atoms with Crippen LogP contribution < -0.4 is 11.3 Å². The maximum atomic E-state index is 11.3. The van der Waals surface area contributed by atoms with E-state index >= 15 is 0 Å². The zero-order valence-electron chi connectivity index (χ0n) is 9.70. The minimum Gasteiger partial charge on any atom is -0.399 e. The van der Waals surface area contributed by atoms with Crippen molar-refractivity contribution in [3.8, 4) is 22.2 Å². The highest BCUT2D eigenvalue weighted by molar-refractivity contribution is 7.13. The maximum absolute atomic E-state index is 11.3. The van der Waals surface area contributed by atoms with Crippen LogP contribution in [-0.2, 0) is 0 Å². The first kappa shape index (κ1) is 11.5. The Balaban J connectivity index is 2.15. The van der Waals surface area contributed by atoms with E-state index in [1.54, 1.807) is 18.3 Å². The topological polar surface area (TPSA) is 97.5 Å². The minimum atomic E-state index is -0.231. The standard InChI is InChI=1S/C12H9N5OS/c13-7-5-8(11-14-2-1-10(18)17-11)16-9(6-7)12-15-3-4-19-12/h1-6H,(H2,13,16)(H,14,17,18). The molecule has 0 amide bonds. The number of nitrogens with zero attached hydrogens (tertiary/aromatic N) is 3. The molecule has 0 aliphatic heterocycles. The first-order valence-corrected chi connectivity index (χ1v) is 6.33. The highest BCUT2D eigenvalue weighted by Gasteiger charge is 2.08. The van der Waals surface area contributed by atoms with Gasteiger partial charge >= 0.3 is 0 Å². The summed E-state index contributed by atoms with van der Waals surface area (Å²) in [4.78, 5) is 26.6. The lowest BCUT2D eigenvalue weighted by atomic mass is 10.2. The second kappa shape index (κ2) is 4.62. The van der Waals surface area contributed by atoms with Crippen molar-refractivity contribution in [1.29, 1.82) is 0 Å². The van der Waals surface area contributed by atoms with E-state index in [4.69, 9.17) is 5.73 Å². The lowest BCUT2D eigenvalue weighted by molar-refractivity contribution is 1.10. The van der Waals surface area contributed by atoms with Crippen LogP contribution in [0.3, 0.4) is 0 Å². The molecule has 3 aromatic rings. The highest BCUT2D eigenvalue weighted by atomic mass is 32.1. The molecule has 94 valence electrons. The summed E-state index contributed by atoms with van der Waals surface area (Å²) in [7, 11) is 0. The third kappa shape index (κ3) is 2.36. The van der Waals surface area contributed by atoms with Crippen molar-refractivity contribution in [3.05, 3.63) is 46.3 Å². The van der Waals surface area contributed by atoms with Gasteiger partial charge in [-0.3, -0.25) is 4.79 Å². The van der Waals surface area contributed by atoms with Gasteiger partial charge in [0.15, 0.2) is 5.82 Å². The van der Waals surface area contributed by atoms with Crippen molar-refractivity contribution in [1.82, 2.24) is 19.9 Å². The van der Waals surface area contributed by atoms with Gasteiger partial charge in [-0.15, -0.1) is 11.3 Å². The average molecular weight is 271 g/mol. The number of aromatic nitrogens is 4. The molecule has 3 aromatic heterocycles. The molecule has 19 heavy (non-hydrogen) atoms. The quantitative estimate of drug-likeness (QED) is 0.736. The monoisotopic (exact) mass is 271 g/mol. The molecule has 0 unspecified atom stereocenters. The van der Waals surface area contributed by atoms with E-state index in [-0.39, 0.29) is 5.56 Å². The fraction of sp³-hybridized carbons (Fsp3) is 0. The number of rotatable bonds is 2. The van der Waals surface area contributed by atoms with Crippen LogP contribution in [0.15, 0.2) is 40.8 Å². The summed E-state index contributed by atoms with van der Waals surface area (Å²) in [5.41, 5.74) is 7.35. The van der Waals surface area contributed by atoms with Crippen molar-refractivity contribution < 1.29 is 0 Å². The van der Waals surface area contributed by atoms with Crippen LogP contribution in [0.2, 0.25) is 0 Å². The van der Waals surface area contributed by atoms with Gasteiger partial charge in [-0.1, -0.05) is 0 Å². The molecule has 3 heterocycles. The molecule has 3 rings (SSSR count). The predicted molar refractivity (Wildman–Crippen MR) is 73.6 cm³/mol. The normalized spacial score (nSPS) is 10.5. The van der Waals surface area contributed by atoms with Gasteiger partial charge in [0, 0.05) is 29.5 Å². The molecule has 0 spiro atoms. The molecule has 0 aliphatic carbocycles. The van der Waals surface area contributed by atoms with Crippen LogP contribution >= 0.6 is 11.3 Å². The van der Waals surface area contributed by atoms with Gasteiger partial charge < -0.3 is 10.7 Å². The summed E-state index contributed by atoms with van der Waals surface area (Å²) in [5, 5.41) is 2.63.